The Hall–Kier alpha value is -3.03. The molecule has 1 aliphatic rings. The molecule has 0 unspecified atom stereocenters. The summed E-state index contributed by atoms with van der Waals surface area (Å²) in [6.07, 6.45) is 2.90. The minimum absolute atomic E-state index is 0.141. The molecule has 0 aliphatic carbocycles. The van der Waals surface area contributed by atoms with Crippen LogP contribution in [0, 0.1) is 5.92 Å². The topological polar surface area (TPSA) is 105 Å². The lowest BCUT2D eigenvalue weighted by molar-refractivity contribution is -0.119. The lowest BCUT2D eigenvalue weighted by atomic mass is 10.0. The second-order valence-electron chi connectivity index (χ2n) is 7.09. The number of hydrogen-bond donors (Lipinski definition) is 2. The van der Waals surface area contributed by atoms with Gasteiger partial charge in [0, 0.05) is 60.0 Å². The van der Waals surface area contributed by atoms with Gasteiger partial charge < -0.3 is 15.7 Å². The molecule has 2 aromatic heterocycles. The molecule has 4 rings (SSSR count). The predicted octanol–water partition coefficient (Wildman–Crippen LogP) is 2.53. The molecule has 1 fully saturated rings. The molecule has 0 saturated carbocycles. The molecule has 1 amide bonds. The van der Waals surface area contributed by atoms with Crippen LogP contribution in [0.25, 0.3) is 22.6 Å². The van der Waals surface area contributed by atoms with Gasteiger partial charge in [-0.2, -0.15) is 0 Å². The number of benzene rings is 1. The maximum atomic E-state index is 11.3. The van der Waals surface area contributed by atoms with Gasteiger partial charge in [-0.3, -0.25) is 9.78 Å². The Morgan fingerprint density at radius 3 is 2.66 bits per heavy atom. The van der Waals surface area contributed by atoms with Gasteiger partial charge in [-0.05, 0) is 24.3 Å². The van der Waals surface area contributed by atoms with E-state index in [1.54, 1.807) is 12.4 Å². The van der Waals surface area contributed by atoms with E-state index < -0.39 is 12.0 Å². The first kappa shape index (κ1) is 19.3. The molecule has 2 atom stereocenters. The van der Waals surface area contributed by atoms with Crippen LogP contribution in [0.2, 0.25) is 5.02 Å². The zero-order valence-corrected chi connectivity index (χ0v) is 16.3. The molecular weight excluding hydrogens is 390 g/mol. The van der Waals surface area contributed by atoms with Crippen LogP contribution >= 0.6 is 11.6 Å². The van der Waals surface area contributed by atoms with Crippen LogP contribution in [0.4, 0.5) is 5.82 Å². The van der Waals surface area contributed by atoms with Crippen LogP contribution in [0.15, 0.2) is 54.9 Å². The molecule has 1 saturated heterocycles. The number of pyridine rings is 1. The number of anilines is 1. The summed E-state index contributed by atoms with van der Waals surface area (Å²) in [5, 5.41) is 11.0. The summed E-state index contributed by atoms with van der Waals surface area (Å²) in [4.78, 5) is 26.8. The van der Waals surface area contributed by atoms with Crippen LogP contribution in [-0.2, 0) is 4.79 Å². The SMILES string of the molecule is NC(=O)C[C@H]1CN(c2cc(-c3ccc(Cl)cc3)nc(-c3cccnc3)n2)C[C@@H]1O. The Balaban J connectivity index is 1.74. The molecule has 1 aromatic carbocycles. The van der Waals surface area contributed by atoms with Gasteiger partial charge in [-0.1, -0.05) is 23.7 Å². The Morgan fingerprint density at radius 1 is 1.17 bits per heavy atom. The number of β-amino-alcohol motifs (C(OH)–C–C–N with tert-alkyl or cyclic N) is 1. The molecule has 3 heterocycles. The maximum Gasteiger partial charge on any atom is 0.217 e. The Labute approximate surface area is 173 Å². The Kier molecular flexibility index (Phi) is 5.42. The first-order chi connectivity index (χ1) is 14.0. The number of nitrogens with two attached hydrogens (primary N) is 1. The van der Waals surface area contributed by atoms with Gasteiger partial charge >= 0.3 is 0 Å². The monoisotopic (exact) mass is 409 g/mol. The first-order valence-corrected chi connectivity index (χ1v) is 9.64. The number of carbonyl (C=O) groups excluding carboxylic acids is 1. The minimum atomic E-state index is -0.640. The smallest absolute Gasteiger partial charge is 0.217 e. The summed E-state index contributed by atoms with van der Waals surface area (Å²) in [6.45, 7) is 0.870. The molecule has 0 spiro atoms. The highest BCUT2D eigenvalue weighted by atomic mass is 35.5. The molecule has 3 N–H and O–H groups in total. The number of nitrogens with zero attached hydrogens (tertiary/aromatic N) is 4. The number of amides is 1. The molecule has 3 aromatic rings. The van der Waals surface area contributed by atoms with Crippen LogP contribution in [0.1, 0.15) is 6.42 Å². The fourth-order valence-electron chi connectivity index (χ4n) is 3.49. The summed E-state index contributed by atoms with van der Waals surface area (Å²) in [5.41, 5.74) is 7.74. The van der Waals surface area contributed by atoms with Gasteiger partial charge in [-0.25, -0.2) is 9.97 Å². The van der Waals surface area contributed by atoms with Gasteiger partial charge in [0.05, 0.1) is 11.8 Å². The van der Waals surface area contributed by atoms with E-state index in [1.807, 2.05) is 47.4 Å². The number of primary amides is 1. The van der Waals surface area contributed by atoms with Crippen molar-refractivity contribution in [3.05, 3.63) is 59.9 Å². The second-order valence-corrected chi connectivity index (χ2v) is 7.52. The number of aromatic nitrogens is 3. The normalized spacial score (nSPS) is 18.8. The average Bonchev–Trinajstić information content (AvgIpc) is 3.08. The number of hydrogen-bond acceptors (Lipinski definition) is 6. The van der Waals surface area contributed by atoms with Gasteiger partial charge in [-0.15, -0.1) is 0 Å². The van der Waals surface area contributed by atoms with Gasteiger partial charge in [0.1, 0.15) is 5.82 Å². The lowest BCUT2D eigenvalue weighted by Gasteiger charge is -2.19. The van der Waals surface area contributed by atoms with Crippen molar-refractivity contribution in [1.82, 2.24) is 15.0 Å². The van der Waals surface area contributed by atoms with Crippen molar-refractivity contribution < 1.29 is 9.90 Å². The molecule has 29 heavy (non-hydrogen) atoms. The van der Waals surface area contributed by atoms with Crippen LogP contribution in [-0.4, -0.2) is 45.2 Å². The third-order valence-electron chi connectivity index (χ3n) is 4.97. The van der Waals surface area contributed by atoms with Gasteiger partial charge in [0.2, 0.25) is 5.91 Å². The van der Waals surface area contributed by atoms with Crippen molar-refractivity contribution in [3.63, 3.8) is 0 Å². The number of halogens is 1. The fourth-order valence-corrected chi connectivity index (χ4v) is 3.62. The van der Waals surface area contributed by atoms with E-state index in [0.717, 1.165) is 16.8 Å². The first-order valence-electron chi connectivity index (χ1n) is 9.26. The van der Waals surface area contributed by atoms with Gasteiger partial charge in [0.15, 0.2) is 5.82 Å². The van der Waals surface area contributed by atoms with Crippen molar-refractivity contribution in [2.45, 2.75) is 12.5 Å². The molecule has 148 valence electrons. The molecule has 0 bridgehead atoms. The van der Waals surface area contributed by atoms with E-state index in [9.17, 15) is 9.90 Å². The van der Waals surface area contributed by atoms with E-state index in [1.165, 1.54) is 0 Å². The van der Waals surface area contributed by atoms with Crippen molar-refractivity contribution in [2.24, 2.45) is 11.7 Å². The van der Waals surface area contributed by atoms with Crippen molar-refractivity contribution in [1.29, 1.82) is 0 Å². The number of aliphatic hydroxyl groups excluding tert-OH is 1. The van der Waals surface area contributed by atoms with E-state index in [0.29, 0.717) is 29.8 Å². The summed E-state index contributed by atoms with van der Waals surface area (Å²) in [5.74, 6) is 0.572. The molecular formula is C21H20ClN5O2. The highest BCUT2D eigenvalue weighted by Gasteiger charge is 2.33. The zero-order valence-electron chi connectivity index (χ0n) is 15.6. The van der Waals surface area contributed by atoms with E-state index >= 15 is 0 Å². The third kappa shape index (κ3) is 4.36. The quantitative estimate of drug-likeness (QED) is 0.670. The van der Waals surface area contributed by atoms with E-state index in [4.69, 9.17) is 27.3 Å². The molecule has 0 radical (unpaired) electrons. The molecule has 7 nitrogen and oxygen atoms in total. The number of carbonyl (C=O) groups is 1. The Morgan fingerprint density at radius 2 is 1.97 bits per heavy atom. The van der Waals surface area contributed by atoms with Crippen molar-refractivity contribution in [3.8, 4) is 22.6 Å². The third-order valence-corrected chi connectivity index (χ3v) is 5.22. The summed E-state index contributed by atoms with van der Waals surface area (Å²) < 4.78 is 0. The summed E-state index contributed by atoms with van der Waals surface area (Å²) in [7, 11) is 0. The highest BCUT2D eigenvalue weighted by Crippen LogP contribution is 2.30. The van der Waals surface area contributed by atoms with Crippen LogP contribution < -0.4 is 10.6 Å². The van der Waals surface area contributed by atoms with Crippen LogP contribution in [0.5, 0.6) is 0 Å². The lowest BCUT2D eigenvalue weighted by Crippen LogP contribution is -2.24. The minimum Gasteiger partial charge on any atom is -0.391 e. The maximum absolute atomic E-state index is 11.3. The summed E-state index contributed by atoms with van der Waals surface area (Å²) >= 11 is 6.02. The fraction of sp³-hybridized carbons (Fsp3) is 0.238. The standard InChI is InChI=1S/C21H20ClN5O2/c22-16-5-3-13(4-6-16)17-9-20(26-21(25-17)14-2-1-7-24-10-14)27-11-15(8-19(23)29)18(28)12-27/h1-7,9-10,15,18,28H,8,11-12H2,(H2,23,29)/t15-,18-/m0/s1. The Bertz CT molecular complexity index is 1010. The van der Waals surface area contributed by atoms with Crippen molar-refractivity contribution >= 4 is 23.3 Å². The zero-order chi connectivity index (χ0) is 20.4. The highest BCUT2D eigenvalue weighted by molar-refractivity contribution is 6.30. The number of aliphatic hydroxyl groups is 1. The second kappa shape index (κ2) is 8.14. The average molecular weight is 410 g/mol. The van der Waals surface area contributed by atoms with Crippen molar-refractivity contribution in [2.75, 3.05) is 18.0 Å². The van der Waals surface area contributed by atoms with Gasteiger partial charge in [0.25, 0.3) is 0 Å². The molecule has 8 heteroatoms. The summed E-state index contributed by atoms with van der Waals surface area (Å²) in [6, 6.07) is 13.0. The predicted molar refractivity (Wildman–Crippen MR) is 111 cm³/mol. The van der Waals surface area contributed by atoms with Crippen LogP contribution in [0.3, 0.4) is 0 Å². The largest absolute Gasteiger partial charge is 0.391 e. The molecule has 1 aliphatic heterocycles. The van der Waals surface area contributed by atoms with E-state index in [2.05, 4.69) is 4.98 Å². The number of rotatable bonds is 5. The van der Waals surface area contributed by atoms with E-state index in [-0.39, 0.29) is 12.3 Å².